The first kappa shape index (κ1) is 14.9. The van der Waals surface area contributed by atoms with Gasteiger partial charge < -0.3 is 5.73 Å². The molecule has 0 saturated carbocycles. The number of nitro benzene ring substituents is 1. The Bertz CT molecular complexity index is 630. The van der Waals surface area contributed by atoms with Crippen LogP contribution in [-0.4, -0.2) is 36.8 Å². The highest BCUT2D eigenvalue weighted by Crippen LogP contribution is 2.28. The van der Waals surface area contributed by atoms with Gasteiger partial charge in [0.1, 0.15) is 0 Å². The third kappa shape index (κ3) is 2.54. The lowest BCUT2D eigenvalue weighted by atomic mass is 10.2. The number of hydrogen-bond donors (Lipinski definition) is 1. The van der Waals surface area contributed by atoms with Crippen molar-refractivity contribution in [2.75, 3.05) is 13.1 Å². The zero-order valence-electron chi connectivity index (χ0n) is 11.2. The Morgan fingerprint density at radius 1 is 1.50 bits per heavy atom. The van der Waals surface area contributed by atoms with E-state index in [9.17, 15) is 18.5 Å². The number of hydrogen-bond acceptors (Lipinski definition) is 5. The number of sulfonamides is 1. The van der Waals surface area contributed by atoms with Gasteiger partial charge in [-0.25, -0.2) is 8.42 Å². The maximum absolute atomic E-state index is 12.5. The van der Waals surface area contributed by atoms with Crippen molar-refractivity contribution in [3.8, 4) is 0 Å². The highest BCUT2D eigenvalue weighted by Gasteiger charge is 2.34. The van der Waals surface area contributed by atoms with Gasteiger partial charge in [-0.2, -0.15) is 4.31 Å². The van der Waals surface area contributed by atoms with Crippen molar-refractivity contribution in [1.82, 2.24) is 4.31 Å². The average molecular weight is 299 g/mol. The summed E-state index contributed by atoms with van der Waals surface area (Å²) in [4.78, 5) is 10.3. The van der Waals surface area contributed by atoms with Crippen LogP contribution in [0.1, 0.15) is 18.4 Å². The first-order valence-electron chi connectivity index (χ1n) is 6.35. The van der Waals surface area contributed by atoms with Crippen LogP contribution in [0, 0.1) is 17.0 Å². The fourth-order valence-corrected chi connectivity index (χ4v) is 4.28. The average Bonchev–Trinajstić information content (AvgIpc) is 2.87. The molecule has 1 fully saturated rings. The molecule has 2 N–H and O–H groups in total. The Labute approximate surface area is 117 Å². The van der Waals surface area contributed by atoms with E-state index in [1.807, 2.05) is 0 Å². The Kier molecular flexibility index (Phi) is 4.07. The molecule has 1 aromatic carbocycles. The summed E-state index contributed by atoms with van der Waals surface area (Å²) in [6, 6.07) is 3.68. The van der Waals surface area contributed by atoms with Gasteiger partial charge in [-0.1, -0.05) is 0 Å². The molecule has 1 aromatic rings. The van der Waals surface area contributed by atoms with Gasteiger partial charge >= 0.3 is 0 Å². The first-order chi connectivity index (χ1) is 9.37. The Morgan fingerprint density at radius 2 is 2.20 bits per heavy atom. The van der Waals surface area contributed by atoms with E-state index in [1.165, 1.54) is 29.4 Å². The zero-order valence-corrected chi connectivity index (χ0v) is 12.0. The van der Waals surface area contributed by atoms with Crippen molar-refractivity contribution >= 4 is 15.7 Å². The van der Waals surface area contributed by atoms with Crippen LogP contribution in [0.25, 0.3) is 0 Å². The summed E-state index contributed by atoms with van der Waals surface area (Å²) in [5.74, 6) is 0. The second kappa shape index (κ2) is 5.47. The number of rotatable bonds is 4. The predicted octanol–water partition coefficient (Wildman–Crippen LogP) is 1.02. The number of nitrogens with two attached hydrogens (primary N) is 1. The number of nitro groups is 1. The molecule has 1 aliphatic heterocycles. The molecule has 110 valence electrons. The van der Waals surface area contributed by atoms with E-state index in [-0.39, 0.29) is 23.2 Å². The number of nitrogens with zero attached hydrogens (tertiary/aromatic N) is 2. The van der Waals surface area contributed by atoms with Gasteiger partial charge in [-0.3, -0.25) is 10.1 Å². The molecule has 0 amide bonds. The van der Waals surface area contributed by atoms with Gasteiger partial charge in [0.15, 0.2) is 0 Å². The minimum absolute atomic E-state index is 0.0826. The summed E-state index contributed by atoms with van der Waals surface area (Å²) in [5.41, 5.74) is 5.85. The second-order valence-electron chi connectivity index (χ2n) is 4.85. The van der Waals surface area contributed by atoms with Crippen LogP contribution in [0.5, 0.6) is 0 Å². The Hall–Kier alpha value is -1.51. The molecule has 0 spiro atoms. The molecule has 1 aliphatic rings. The lowest BCUT2D eigenvalue weighted by Crippen LogP contribution is -2.39. The van der Waals surface area contributed by atoms with Crippen LogP contribution >= 0.6 is 0 Å². The molecule has 1 saturated heterocycles. The van der Waals surface area contributed by atoms with Gasteiger partial charge in [0.05, 0.1) is 9.82 Å². The molecule has 1 heterocycles. The van der Waals surface area contributed by atoms with Gasteiger partial charge in [0.25, 0.3) is 5.69 Å². The van der Waals surface area contributed by atoms with Crippen molar-refractivity contribution in [2.24, 2.45) is 5.73 Å². The summed E-state index contributed by atoms with van der Waals surface area (Å²) in [6.07, 6.45) is 1.54. The first-order valence-corrected chi connectivity index (χ1v) is 7.79. The molecule has 2 rings (SSSR count). The third-order valence-corrected chi connectivity index (χ3v) is 5.51. The fourth-order valence-electron chi connectivity index (χ4n) is 2.49. The van der Waals surface area contributed by atoms with Crippen molar-refractivity contribution in [3.63, 3.8) is 0 Å². The number of benzene rings is 1. The molecule has 1 unspecified atom stereocenters. The van der Waals surface area contributed by atoms with Crippen LogP contribution in [-0.2, 0) is 10.0 Å². The van der Waals surface area contributed by atoms with Crippen molar-refractivity contribution < 1.29 is 13.3 Å². The third-order valence-electron chi connectivity index (χ3n) is 3.57. The van der Waals surface area contributed by atoms with E-state index < -0.39 is 14.9 Å². The largest absolute Gasteiger partial charge is 0.329 e. The van der Waals surface area contributed by atoms with Gasteiger partial charge in [0, 0.05) is 30.8 Å². The van der Waals surface area contributed by atoms with Gasteiger partial charge in [-0.05, 0) is 31.9 Å². The second-order valence-corrected chi connectivity index (χ2v) is 6.74. The van der Waals surface area contributed by atoms with E-state index in [2.05, 4.69) is 0 Å². The minimum atomic E-state index is -3.63. The Balaban J connectivity index is 2.40. The van der Waals surface area contributed by atoms with Crippen LogP contribution in [0.3, 0.4) is 0 Å². The summed E-state index contributed by atoms with van der Waals surface area (Å²) in [6.45, 7) is 2.26. The van der Waals surface area contributed by atoms with E-state index in [1.54, 1.807) is 0 Å². The van der Waals surface area contributed by atoms with Crippen LogP contribution in [0.4, 0.5) is 5.69 Å². The van der Waals surface area contributed by atoms with Crippen molar-refractivity contribution in [2.45, 2.75) is 30.7 Å². The maximum atomic E-state index is 12.5. The minimum Gasteiger partial charge on any atom is -0.329 e. The quantitative estimate of drug-likeness (QED) is 0.659. The molecular weight excluding hydrogens is 282 g/mol. The van der Waals surface area contributed by atoms with Crippen LogP contribution in [0.2, 0.25) is 0 Å². The van der Waals surface area contributed by atoms with Crippen LogP contribution in [0.15, 0.2) is 23.1 Å². The molecule has 0 aliphatic carbocycles. The van der Waals surface area contributed by atoms with Gasteiger partial charge in [-0.15, -0.1) is 0 Å². The Morgan fingerprint density at radius 3 is 2.75 bits per heavy atom. The smallest absolute Gasteiger partial charge is 0.272 e. The normalized spacial score (nSPS) is 20.2. The predicted molar refractivity (Wildman–Crippen MR) is 73.8 cm³/mol. The molecule has 0 aromatic heterocycles. The number of aryl methyl sites for hydroxylation is 1. The standard InChI is InChI=1S/C12H17N3O4S/c1-9-7-11(4-5-12(9)15(16)17)20(18,19)14-6-2-3-10(14)8-13/h4-5,7,10H,2-3,6,8,13H2,1H3. The molecule has 0 radical (unpaired) electrons. The molecular formula is C12H17N3O4S. The molecule has 7 nitrogen and oxygen atoms in total. The molecule has 20 heavy (non-hydrogen) atoms. The summed E-state index contributed by atoms with van der Waals surface area (Å²) in [5, 5.41) is 10.8. The summed E-state index contributed by atoms with van der Waals surface area (Å²) >= 11 is 0. The zero-order chi connectivity index (χ0) is 14.9. The SMILES string of the molecule is Cc1cc(S(=O)(=O)N2CCCC2CN)ccc1[N+](=O)[O-]. The topological polar surface area (TPSA) is 107 Å². The molecule has 1 atom stereocenters. The van der Waals surface area contributed by atoms with E-state index >= 15 is 0 Å². The highest BCUT2D eigenvalue weighted by molar-refractivity contribution is 7.89. The molecule has 8 heteroatoms. The summed E-state index contributed by atoms with van der Waals surface area (Å²) in [7, 11) is -3.63. The van der Waals surface area contributed by atoms with E-state index in [0.29, 0.717) is 12.1 Å². The molecule has 0 bridgehead atoms. The monoisotopic (exact) mass is 299 g/mol. The van der Waals surface area contributed by atoms with Crippen molar-refractivity contribution in [1.29, 1.82) is 0 Å². The van der Waals surface area contributed by atoms with Crippen molar-refractivity contribution in [3.05, 3.63) is 33.9 Å². The lowest BCUT2D eigenvalue weighted by molar-refractivity contribution is -0.385. The fraction of sp³-hybridized carbons (Fsp3) is 0.500. The maximum Gasteiger partial charge on any atom is 0.272 e. The summed E-state index contributed by atoms with van der Waals surface area (Å²) < 4.78 is 26.5. The lowest BCUT2D eigenvalue weighted by Gasteiger charge is -2.22. The van der Waals surface area contributed by atoms with E-state index in [4.69, 9.17) is 5.73 Å². The highest BCUT2D eigenvalue weighted by atomic mass is 32.2. The van der Waals surface area contributed by atoms with Crippen LogP contribution < -0.4 is 5.73 Å². The van der Waals surface area contributed by atoms with E-state index in [0.717, 1.165) is 12.8 Å². The van der Waals surface area contributed by atoms with Gasteiger partial charge in [0.2, 0.25) is 10.0 Å².